The first-order valence-electron chi connectivity index (χ1n) is 20.2. The number of fused-ring (bicyclic) bond motifs is 3. The molecule has 2 heterocycles. The van der Waals surface area contributed by atoms with Crippen LogP contribution in [0, 0.1) is 62.1 Å². The van der Waals surface area contributed by atoms with Crippen LogP contribution in [0.25, 0.3) is 0 Å². The minimum atomic E-state index is -0.678. The molecule has 0 radical (unpaired) electrons. The number of nitrogens with one attached hydrogen (secondary N) is 1. The third kappa shape index (κ3) is 5.86. The number of carbonyl (C=O) groups is 2. The molecule has 5 aliphatic rings. The summed E-state index contributed by atoms with van der Waals surface area (Å²) in [5, 5.41) is 18.4. The van der Waals surface area contributed by atoms with E-state index in [1.54, 1.807) is 4.68 Å². The molecule has 1 aliphatic heterocycles. The molecule has 3 saturated carbocycles. The second kappa shape index (κ2) is 13.4. The van der Waals surface area contributed by atoms with Crippen LogP contribution in [-0.4, -0.2) is 76.4 Å². The molecule has 1 aromatic heterocycles. The topological polar surface area (TPSA) is 142 Å². The number of halogens is 1. The molecule has 0 spiro atoms. The number of nitrogens with two attached hydrogens (primary N) is 1. The fourth-order valence-electron chi connectivity index (χ4n) is 12.5. The van der Waals surface area contributed by atoms with E-state index in [4.69, 9.17) is 15.2 Å². The van der Waals surface area contributed by atoms with Gasteiger partial charge in [0, 0.05) is 22.9 Å². The predicted molar refractivity (Wildman–Crippen MR) is 203 cm³/mol. The number of allylic oxidation sites excluding steroid dienone is 1. The average Bonchev–Trinajstić information content (AvgIpc) is 3.56. The van der Waals surface area contributed by atoms with Gasteiger partial charge >= 0.3 is 5.97 Å². The summed E-state index contributed by atoms with van der Waals surface area (Å²) in [5.41, 5.74) is 5.64. The fraction of sp³-hybridized carbons (Fsp3) is 0.857. The summed E-state index contributed by atoms with van der Waals surface area (Å²) >= 11 is 0. The molecule has 1 saturated heterocycles. The number of carboxylic acids is 1. The van der Waals surface area contributed by atoms with Crippen molar-refractivity contribution in [2.75, 3.05) is 33.0 Å². The van der Waals surface area contributed by atoms with Gasteiger partial charge in [-0.25, -0.2) is 14.1 Å². The molecule has 1 amide bonds. The lowest BCUT2D eigenvalue weighted by Crippen LogP contribution is -2.69. The van der Waals surface area contributed by atoms with Crippen LogP contribution in [0.5, 0.6) is 0 Å². The lowest BCUT2D eigenvalue weighted by atomic mass is 9.34. The molecule has 53 heavy (non-hydrogen) atoms. The standard InChI is InChI=1S/C42H68FN5O5/c1-25(2)26(3)37(7)16-17-39(9)27-12-13-30-38(8)21-52-23-42(30,28(27)14-15-40(39,10)31(37)35(50)51)20-29(32(38)53-22-41(11,44)36(4,5)6)48-33(46-24-47-48)34(49)45-19-18-43/h14,24-27,29-32H,12-13,15-23,44H2,1-11H3,(H,45,49)(H,50,51)/t26-,27+,29-,30+,31-,32+,37-,38-,39-,40+,41+,42+/m1/s1. The molecule has 0 aromatic carbocycles. The zero-order chi connectivity index (χ0) is 39.2. The van der Waals surface area contributed by atoms with E-state index in [0.29, 0.717) is 38.6 Å². The van der Waals surface area contributed by atoms with Gasteiger partial charge in [0.05, 0.1) is 37.9 Å². The van der Waals surface area contributed by atoms with E-state index in [1.807, 2.05) is 6.92 Å². The number of amides is 1. The quantitative estimate of drug-likeness (QED) is 0.213. The van der Waals surface area contributed by atoms with Crippen LogP contribution in [0.15, 0.2) is 18.0 Å². The number of alkyl halides is 1. The number of nitrogens with zero attached hydrogens (tertiary/aromatic N) is 3. The first-order chi connectivity index (χ1) is 24.6. The Labute approximate surface area is 317 Å². The highest BCUT2D eigenvalue weighted by molar-refractivity contribution is 5.90. The molecule has 1 aromatic rings. The number of aliphatic carboxylic acids is 1. The highest BCUT2D eigenvalue weighted by atomic mass is 19.1. The van der Waals surface area contributed by atoms with Gasteiger partial charge in [0.1, 0.15) is 13.0 Å². The van der Waals surface area contributed by atoms with Crippen molar-refractivity contribution in [3.63, 3.8) is 0 Å². The van der Waals surface area contributed by atoms with Gasteiger partial charge in [0.2, 0.25) is 5.82 Å². The second-order valence-corrected chi connectivity index (χ2v) is 20.5. The Balaban J connectivity index is 1.47. The Hall–Kier alpha value is -2.37. The monoisotopic (exact) mass is 742 g/mol. The van der Waals surface area contributed by atoms with Crippen LogP contribution in [0.1, 0.15) is 131 Å². The zero-order valence-electron chi connectivity index (χ0n) is 34.4. The van der Waals surface area contributed by atoms with Crippen LogP contribution in [-0.2, 0) is 14.3 Å². The molecule has 12 atom stereocenters. The maximum absolute atomic E-state index is 13.5. The van der Waals surface area contributed by atoms with Gasteiger partial charge in [-0.05, 0) is 90.8 Å². The Morgan fingerprint density at radius 1 is 1.11 bits per heavy atom. The fourth-order valence-corrected chi connectivity index (χ4v) is 12.5. The van der Waals surface area contributed by atoms with Crippen molar-refractivity contribution in [2.45, 2.75) is 132 Å². The van der Waals surface area contributed by atoms with Crippen molar-refractivity contribution in [2.24, 2.45) is 67.8 Å². The predicted octanol–water partition coefficient (Wildman–Crippen LogP) is 7.26. The van der Waals surface area contributed by atoms with Crippen LogP contribution in [0.4, 0.5) is 4.39 Å². The number of ether oxygens (including phenoxy) is 2. The number of carbonyl (C=O) groups excluding carboxylic acids is 1. The SMILES string of the molecule is CC(C)[C@@H](C)[C@@]1(C)CC[C@]2(C)[C@H]3CC[C@@H]4[C@@]5(COC[C@@]4(C)[C@@H](OC[C@](C)(N)C(C)(C)C)[C@H](n4ncnc4C(=O)NCCF)C5)C3=CC[C@@]2(C)[C@@H]1C(=O)O. The Bertz CT molecular complexity index is 1600. The van der Waals surface area contributed by atoms with Gasteiger partial charge < -0.3 is 25.6 Å². The normalized spacial score (nSPS) is 41.3. The maximum atomic E-state index is 13.5. The zero-order valence-corrected chi connectivity index (χ0v) is 34.4. The Morgan fingerprint density at radius 3 is 2.43 bits per heavy atom. The lowest BCUT2D eigenvalue weighted by molar-refractivity contribution is -0.253. The summed E-state index contributed by atoms with van der Waals surface area (Å²) in [6.45, 7) is 24.8. The van der Waals surface area contributed by atoms with Crippen LogP contribution >= 0.6 is 0 Å². The Morgan fingerprint density at radius 2 is 1.81 bits per heavy atom. The molecule has 4 fully saturated rings. The summed E-state index contributed by atoms with van der Waals surface area (Å²) in [5.74, 6) is -0.401. The van der Waals surface area contributed by atoms with Crippen LogP contribution in [0.3, 0.4) is 0 Å². The minimum Gasteiger partial charge on any atom is -0.481 e. The highest BCUT2D eigenvalue weighted by Crippen LogP contribution is 2.75. The van der Waals surface area contributed by atoms with E-state index in [2.05, 4.69) is 90.7 Å². The average molecular weight is 742 g/mol. The van der Waals surface area contributed by atoms with E-state index in [-0.39, 0.29) is 57.8 Å². The Kier molecular flexibility index (Phi) is 10.2. The number of aromatic nitrogens is 3. The third-order valence-electron chi connectivity index (χ3n) is 16.8. The smallest absolute Gasteiger partial charge is 0.307 e. The molecule has 298 valence electrons. The highest BCUT2D eigenvalue weighted by Gasteiger charge is 2.72. The van der Waals surface area contributed by atoms with E-state index in [9.17, 15) is 19.1 Å². The van der Waals surface area contributed by atoms with Crippen molar-refractivity contribution >= 4 is 11.9 Å². The number of hydrogen-bond acceptors (Lipinski definition) is 7. The maximum Gasteiger partial charge on any atom is 0.307 e. The second-order valence-electron chi connectivity index (χ2n) is 20.5. The number of hydrogen-bond donors (Lipinski definition) is 3. The molecule has 4 N–H and O–H groups in total. The number of carboxylic acid groups (broad SMARTS) is 1. The van der Waals surface area contributed by atoms with Crippen molar-refractivity contribution in [3.05, 3.63) is 23.8 Å². The molecular formula is C42H68FN5O5. The first kappa shape index (κ1) is 40.3. The first-order valence-corrected chi connectivity index (χ1v) is 20.2. The lowest BCUT2D eigenvalue weighted by Gasteiger charge is -2.71. The summed E-state index contributed by atoms with van der Waals surface area (Å²) < 4.78 is 28.7. The largest absolute Gasteiger partial charge is 0.481 e. The van der Waals surface area contributed by atoms with E-state index >= 15 is 0 Å². The molecule has 4 aliphatic carbocycles. The molecule has 6 rings (SSSR count). The van der Waals surface area contributed by atoms with Gasteiger partial charge in [-0.1, -0.05) is 80.9 Å². The van der Waals surface area contributed by atoms with Gasteiger partial charge in [-0.2, -0.15) is 5.10 Å². The van der Waals surface area contributed by atoms with Gasteiger partial charge in [-0.15, -0.1) is 0 Å². The van der Waals surface area contributed by atoms with E-state index in [0.717, 1.165) is 25.7 Å². The van der Waals surface area contributed by atoms with Crippen molar-refractivity contribution in [1.82, 2.24) is 20.1 Å². The minimum absolute atomic E-state index is 0.108. The van der Waals surface area contributed by atoms with Crippen molar-refractivity contribution < 1.29 is 28.6 Å². The summed E-state index contributed by atoms with van der Waals surface area (Å²) in [6.07, 6.45) is 8.56. The third-order valence-corrected chi connectivity index (χ3v) is 16.8. The van der Waals surface area contributed by atoms with Crippen molar-refractivity contribution in [1.29, 1.82) is 0 Å². The molecule has 2 bridgehead atoms. The van der Waals surface area contributed by atoms with Crippen molar-refractivity contribution in [3.8, 4) is 0 Å². The van der Waals surface area contributed by atoms with Crippen LogP contribution < -0.4 is 11.1 Å². The van der Waals surface area contributed by atoms with Gasteiger partial charge in [0.25, 0.3) is 5.91 Å². The molecular weight excluding hydrogens is 673 g/mol. The van der Waals surface area contributed by atoms with Crippen LogP contribution in [0.2, 0.25) is 0 Å². The summed E-state index contributed by atoms with van der Waals surface area (Å²) in [7, 11) is 0. The summed E-state index contributed by atoms with van der Waals surface area (Å²) in [6, 6.07) is -0.376. The molecule has 11 heteroatoms. The number of rotatable bonds is 10. The van der Waals surface area contributed by atoms with Gasteiger partial charge in [-0.3, -0.25) is 9.59 Å². The molecule has 0 unspecified atom stereocenters. The van der Waals surface area contributed by atoms with E-state index < -0.39 is 46.9 Å². The summed E-state index contributed by atoms with van der Waals surface area (Å²) in [4.78, 5) is 31.4. The molecule has 10 nitrogen and oxygen atoms in total. The van der Waals surface area contributed by atoms with E-state index in [1.165, 1.54) is 11.9 Å². The van der Waals surface area contributed by atoms with Gasteiger partial charge in [0.15, 0.2) is 0 Å².